The molecule has 57 heavy (non-hydrogen) atoms. The molecule has 0 saturated heterocycles. The summed E-state index contributed by atoms with van der Waals surface area (Å²) in [7, 11) is 0. The van der Waals surface area contributed by atoms with Crippen molar-refractivity contribution in [2.45, 2.75) is 19.3 Å². The Morgan fingerprint density at radius 1 is 0.404 bits per heavy atom. The van der Waals surface area contributed by atoms with Crippen molar-refractivity contribution in [2.24, 2.45) is 0 Å². The molecular weight excluding hydrogens is 691 g/mol. The Balaban J connectivity index is 1.11. The molecule has 1 heterocycles. The van der Waals surface area contributed by atoms with Crippen LogP contribution in [0.1, 0.15) is 25.0 Å². The van der Waals surface area contributed by atoms with Crippen LogP contribution in [-0.2, 0) is 5.41 Å². The number of furan rings is 1. The molecule has 0 radical (unpaired) electrons. The van der Waals surface area contributed by atoms with Gasteiger partial charge in [0, 0.05) is 27.4 Å². The zero-order valence-corrected chi connectivity index (χ0v) is 31.9. The lowest BCUT2D eigenvalue weighted by Gasteiger charge is -2.33. The summed E-state index contributed by atoms with van der Waals surface area (Å²) in [5.41, 5.74) is 17.4. The minimum Gasteiger partial charge on any atom is -0.456 e. The van der Waals surface area contributed by atoms with Gasteiger partial charge in [0.25, 0.3) is 0 Å². The first-order chi connectivity index (χ1) is 28.0. The van der Waals surface area contributed by atoms with Gasteiger partial charge >= 0.3 is 0 Å². The van der Waals surface area contributed by atoms with Crippen LogP contribution in [0.3, 0.4) is 0 Å². The van der Waals surface area contributed by atoms with Crippen molar-refractivity contribution in [2.75, 3.05) is 4.90 Å². The van der Waals surface area contributed by atoms with Crippen LogP contribution in [0.2, 0.25) is 0 Å². The maximum absolute atomic E-state index is 6.71. The van der Waals surface area contributed by atoms with Gasteiger partial charge in [-0.3, -0.25) is 0 Å². The topological polar surface area (TPSA) is 16.4 Å². The number of rotatable bonds is 6. The molecule has 0 spiro atoms. The average molecular weight is 730 g/mol. The fourth-order valence-electron chi connectivity index (χ4n) is 9.46. The molecule has 0 N–H and O–H groups in total. The predicted molar refractivity (Wildman–Crippen MR) is 240 cm³/mol. The number of benzene rings is 9. The number of anilines is 3. The third kappa shape index (κ3) is 5.25. The Bertz CT molecular complexity index is 3150. The molecule has 11 rings (SSSR count). The highest BCUT2D eigenvalue weighted by molar-refractivity contribution is 6.11. The van der Waals surface area contributed by atoms with Gasteiger partial charge in [-0.2, -0.15) is 0 Å². The maximum atomic E-state index is 6.71. The standard InChI is InChI=1S/C55H39NO/c1-55(2)48-27-11-9-23-44(48)46-26-15-29-50(54(46)55)56(49-28-12-10-22-41(49)36-16-5-3-6-17-36)40-31-33-51-47(35-40)45-32-30-39(34-52(45)57-51)43-25-14-21-38-20-13-24-42(53(38)43)37-18-7-4-8-19-37/h3-35H,1-2H3. The smallest absolute Gasteiger partial charge is 0.136 e. The SMILES string of the molecule is CC1(C)c2ccccc2-c2cccc(N(c3ccc4oc5cc(-c6cccc7cccc(-c8ccccc8)c67)ccc5c4c3)c3ccccc3-c3ccccc3)c21. The quantitative estimate of drug-likeness (QED) is 0.169. The molecule has 2 heteroatoms. The van der Waals surface area contributed by atoms with Gasteiger partial charge in [-0.1, -0.05) is 172 Å². The van der Waals surface area contributed by atoms with Gasteiger partial charge in [0.1, 0.15) is 11.2 Å². The highest BCUT2D eigenvalue weighted by atomic mass is 16.3. The molecule has 0 unspecified atom stereocenters. The van der Waals surface area contributed by atoms with Crippen LogP contribution in [0, 0.1) is 0 Å². The van der Waals surface area contributed by atoms with Crippen molar-refractivity contribution in [3.05, 3.63) is 211 Å². The van der Waals surface area contributed by atoms with E-state index in [1.807, 2.05) is 0 Å². The van der Waals surface area contributed by atoms with E-state index in [1.54, 1.807) is 0 Å². The van der Waals surface area contributed by atoms with Gasteiger partial charge in [-0.25, -0.2) is 0 Å². The van der Waals surface area contributed by atoms with Crippen LogP contribution < -0.4 is 4.90 Å². The van der Waals surface area contributed by atoms with E-state index in [2.05, 4.69) is 219 Å². The summed E-state index contributed by atoms with van der Waals surface area (Å²) in [6.45, 7) is 4.73. The fourth-order valence-corrected chi connectivity index (χ4v) is 9.46. The number of hydrogen-bond acceptors (Lipinski definition) is 2. The lowest BCUT2D eigenvalue weighted by atomic mass is 9.81. The average Bonchev–Trinajstić information content (AvgIpc) is 3.75. The highest BCUT2D eigenvalue weighted by Crippen LogP contribution is 2.55. The van der Waals surface area contributed by atoms with Crippen molar-refractivity contribution >= 4 is 49.8 Å². The molecular formula is C55H39NO. The van der Waals surface area contributed by atoms with Crippen LogP contribution >= 0.6 is 0 Å². The molecule has 10 aromatic rings. The third-order valence-electron chi connectivity index (χ3n) is 12.0. The minimum atomic E-state index is -0.201. The third-order valence-corrected chi connectivity index (χ3v) is 12.0. The zero-order valence-electron chi connectivity index (χ0n) is 31.9. The van der Waals surface area contributed by atoms with Crippen LogP contribution in [0.4, 0.5) is 17.1 Å². The summed E-state index contributed by atoms with van der Waals surface area (Å²) in [5, 5.41) is 4.66. The molecule has 0 saturated carbocycles. The van der Waals surface area contributed by atoms with Gasteiger partial charge in [-0.05, 0) is 103 Å². The van der Waals surface area contributed by atoms with E-state index >= 15 is 0 Å². The summed E-state index contributed by atoms with van der Waals surface area (Å²) in [4.78, 5) is 2.47. The Morgan fingerprint density at radius 2 is 1.00 bits per heavy atom. The lowest BCUT2D eigenvalue weighted by Crippen LogP contribution is -2.21. The first-order valence-corrected chi connectivity index (χ1v) is 19.8. The zero-order chi connectivity index (χ0) is 38.1. The van der Waals surface area contributed by atoms with Crippen molar-refractivity contribution in [3.8, 4) is 44.5 Å². The second-order valence-electron chi connectivity index (χ2n) is 15.7. The Hall–Kier alpha value is -7.16. The summed E-state index contributed by atoms with van der Waals surface area (Å²) in [6.07, 6.45) is 0. The molecule has 1 aromatic heterocycles. The monoisotopic (exact) mass is 729 g/mol. The molecule has 0 aliphatic heterocycles. The number of hydrogen-bond donors (Lipinski definition) is 0. The van der Waals surface area contributed by atoms with Crippen molar-refractivity contribution in [1.82, 2.24) is 0 Å². The molecule has 1 aliphatic rings. The van der Waals surface area contributed by atoms with Crippen molar-refractivity contribution < 1.29 is 4.42 Å². The van der Waals surface area contributed by atoms with Crippen molar-refractivity contribution in [3.63, 3.8) is 0 Å². The molecule has 9 aromatic carbocycles. The van der Waals surface area contributed by atoms with E-state index in [-0.39, 0.29) is 5.41 Å². The van der Waals surface area contributed by atoms with E-state index < -0.39 is 0 Å². The molecule has 0 fully saturated rings. The van der Waals surface area contributed by atoms with Gasteiger partial charge in [0.05, 0.1) is 11.4 Å². The number of nitrogens with zero attached hydrogens (tertiary/aromatic N) is 1. The highest BCUT2D eigenvalue weighted by Gasteiger charge is 2.39. The van der Waals surface area contributed by atoms with E-state index in [1.165, 1.54) is 66.5 Å². The van der Waals surface area contributed by atoms with Gasteiger partial charge in [-0.15, -0.1) is 0 Å². The molecule has 0 atom stereocenters. The second-order valence-corrected chi connectivity index (χ2v) is 15.7. The summed E-state index contributed by atoms with van der Waals surface area (Å²) >= 11 is 0. The summed E-state index contributed by atoms with van der Waals surface area (Å²) < 4.78 is 6.71. The molecule has 0 bridgehead atoms. The first-order valence-electron chi connectivity index (χ1n) is 19.8. The number of fused-ring (bicyclic) bond motifs is 7. The van der Waals surface area contributed by atoms with Crippen molar-refractivity contribution in [1.29, 1.82) is 0 Å². The van der Waals surface area contributed by atoms with E-state index in [4.69, 9.17) is 4.42 Å². The van der Waals surface area contributed by atoms with Crippen LogP contribution in [0.5, 0.6) is 0 Å². The van der Waals surface area contributed by atoms with E-state index in [0.717, 1.165) is 38.9 Å². The van der Waals surface area contributed by atoms with Gasteiger partial charge < -0.3 is 9.32 Å². The summed E-state index contributed by atoms with van der Waals surface area (Å²) in [5.74, 6) is 0. The lowest BCUT2D eigenvalue weighted by molar-refractivity contribution is 0.660. The normalized spacial score (nSPS) is 12.9. The van der Waals surface area contributed by atoms with Crippen LogP contribution in [0.25, 0.3) is 77.2 Å². The Morgan fingerprint density at radius 3 is 1.77 bits per heavy atom. The largest absolute Gasteiger partial charge is 0.456 e. The molecule has 270 valence electrons. The minimum absolute atomic E-state index is 0.201. The molecule has 0 amide bonds. The molecule has 1 aliphatic carbocycles. The first kappa shape index (κ1) is 33.2. The fraction of sp³-hybridized carbons (Fsp3) is 0.0545. The number of para-hydroxylation sites is 1. The second kappa shape index (κ2) is 13.0. The predicted octanol–water partition coefficient (Wildman–Crippen LogP) is 15.5. The Kier molecular flexibility index (Phi) is 7.55. The van der Waals surface area contributed by atoms with Gasteiger partial charge in [0.2, 0.25) is 0 Å². The molecule has 2 nitrogen and oxygen atoms in total. The maximum Gasteiger partial charge on any atom is 0.136 e. The van der Waals surface area contributed by atoms with Gasteiger partial charge in [0.15, 0.2) is 0 Å². The van der Waals surface area contributed by atoms with E-state index in [0.29, 0.717) is 0 Å². The Labute approximate surface area is 332 Å². The summed E-state index contributed by atoms with van der Waals surface area (Å²) in [6, 6.07) is 72.5. The van der Waals surface area contributed by atoms with Crippen LogP contribution in [-0.4, -0.2) is 0 Å². The van der Waals surface area contributed by atoms with E-state index in [9.17, 15) is 0 Å². The van der Waals surface area contributed by atoms with Crippen LogP contribution in [0.15, 0.2) is 205 Å².